The highest BCUT2D eigenvalue weighted by molar-refractivity contribution is 6.25. The number of amides is 4. The maximum Gasteiger partial charge on any atom is 0.278 e. The molecule has 1 spiro atoms. The van der Waals surface area contributed by atoms with Gasteiger partial charge < -0.3 is 20.2 Å². The molecule has 5 aliphatic heterocycles. The first-order valence-corrected chi connectivity index (χ1v) is 22.2. The van der Waals surface area contributed by atoms with Crippen molar-refractivity contribution in [1.29, 1.82) is 0 Å². The third-order valence-corrected chi connectivity index (χ3v) is 14.4. The number of rotatable bonds is 10. The Morgan fingerprint density at radius 2 is 1.69 bits per heavy atom. The van der Waals surface area contributed by atoms with Crippen LogP contribution in [0.5, 0.6) is 0 Å². The lowest BCUT2D eigenvalue weighted by atomic mass is 9.71. The molecule has 0 saturated carbocycles. The number of imide groups is 2. The molecule has 0 bridgehead atoms. The molecule has 17 nitrogen and oxygen atoms in total. The van der Waals surface area contributed by atoms with E-state index in [9.17, 15) is 29.1 Å². The second kappa shape index (κ2) is 14.9. The van der Waals surface area contributed by atoms with Gasteiger partial charge in [0.25, 0.3) is 17.4 Å². The van der Waals surface area contributed by atoms with Crippen LogP contribution in [-0.2, 0) is 28.2 Å². The molecule has 6 aliphatic rings. The number of likely N-dealkylation sites (tertiary alicyclic amines) is 1. The van der Waals surface area contributed by atoms with Crippen LogP contribution < -0.4 is 26.0 Å². The smallest absolute Gasteiger partial charge is 0.278 e. The molecular weight excluding hydrogens is 815 g/mol. The van der Waals surface area contributed by atoms with E-state index in [1.807, 2.05) is 37.3 Å². The van der Waals surface area contributed by atoms with Crippen molar-refractivity contribution in [2.24, 2.45) is 5.41 Å². The normalized spacial score (nSPS) is 23.0. The molecule has 17 heteroatoms. The number of nitrogens with one attached hydrogen (secondary N) is 2. The second-order valence-corrected chi connectivity index (χ2v) is 18.3. The minimum atomic E-state index is -1.00. The molecule has 5 aromatic rings. The van der Waals surface area contributed by atoms with Crippen molar-refractivity contribution in [3.05, 3.63) is 106 Å². The maximum atomic E-state index is 13.7. The molecule has 4 fully saturated rings. The molecule has 3 aromatic heterocycles. The first-order chi connectivity index (χ1) is 31.0. The van der Waals surface area contributed by atoms with Crippen molar-refractivity contribution in [3.8, 4) is 5.82 Å². The standard InChI is InChI=1S/C47H49N11O6/c1-3-20-56-42(61)33-23-48-45(52-40(33)58(56)36-14-8-28-16-19-47(64,4-2)39(28)50-36)49-29-9-11-30(12-10-29)54-24-46(25-54)26-55(27-46)31-17-21-53(22-18-31)34-7-5-6-32-38(34)44(63)57(43(32)62)35-13-15-37(59)51-41(35)60/h3,5-12,14,23,31,35,64H,1,4,13,15-22,24-27H2,2H3,(H,48,49,52)(H,51,59,60)/t35?,47-/m1/s1. The van der Waals surface area contributed by atoms with E-state index in [2.05, 4.69) is 49.0 Å². The molecule has 2 atom stereocenters. The molecule has 64 heavy (non-hydrogen) atoms. The fourth-order valence-electron chi connectivity index (χ4n) is 10.9. The molecule has 3 N–H and O–H groups in total. The number of carbonyl (C=O) groups excluding carboxylic acids is 4. The highest BCUT2D eigenvalue weighted by Crippen LogP contribution is 2.45. The lowest BCUT2D eigenvalue weighted by molar-refractivity contribution is -0.136. The van der Waals surface area contributed by atoms with E-state index >= 15 is 0 Å². The highest BCUT2D eigenvalue weighted by atomic mass is 16.3. The summed E-state index contributed by atoms with van der Waals surface area (Å²) in [5, 5.41) is 17.2. The Labute approximate surface area is 368 Å². The van der Waals surface area contributed by atoms with Crippen molar-refractivity contribution >= 4 is 57.7 Å². The Hall–Kier alpha value is -6.72. The average molecular weight is 864 g/mol. The zero-order valence-electron chi connectivity index (χ0n) is 35.6. The fraction of sp³-hybridized carbons (Fsp3) is 0.404. The number of aryl methyl sites for hydroxylation is 1. The van der Waals surface area contributed by atoms with Crippen molar-refractivity contribution in [3.63, 3.8) is 0 Å². The third kappa shape index (κ3) is 6.34. The molecule has 328 valence electrons. The maximum absolute atomic E-state index is 13.7. The van der Waals surface area contributed by atoms with Crippen LogP contribution in [0.25, 0.3) is 16.9 Å². The molecule has 11 rings (SSSR count). The summed E-state index contributed by atoms with van der Waals surface area (Å²) in [6.45, 7) is 11.6. The lowest BCUT2D eigenvalue weighted by Gasteiger charge is -2.63. The summed E-state index contributed by atoms with van der Waals surface area (Å²) in [5.74, 6) is -1.11. The summed E-state index contributed by atoms with van der Waals surface area (Å²) < 4.78 is 3.23. The first-order valence-electron chi connectivity index (χ1n) is 22.2. The molecular formula is C47H49N11O6. The van der Waals surface area contributed by atoms with Gasteiger partial charge in [-0.3, -0.25) is 39.1 Å². The monoisotopic (exact) mass is 863 g/mol. The number of fused-ring (bicyclic) bond motifs is 3. The summed E-state index contributed by atoms with van der Waals surface area (Å²) in [6, 6.07) is 16.9. The molecule has 1 unspecified atom stereocenters. The van der Waals surface area contributed by atoms with Gasteiger partial charge in [0.15, 0.2) is 11.5 Å². The van der Waals surface area contributed by atoms with Crippen molar-refractivity contribution in [2.75, 3.05) is 54.4 Å². The first kappa shape index (κ1) is 40.1. The Balaban J connectivity index is 0.708. The van der Waals surface area contributed by atoms with Gasteiger partial charge in [0, 0.05) is 74.7 Å². The van der Waals surface area contributed by atoms with Gasteiger partial charge in [-0.05, 0) is 86.6 Å². The number of hydrogen-bond acceptors (Lipinski definition) is 13. The Morgan fingerprint density at radius 1 is 0.906 bits per heavy atom. The Bertz CT molecular complexity index is 2850. The fourth-order valence-corrected chi connectivity index (χ4v) is 10.9. The van der Waals surface area contributed by atoms with Crippen molar-refractivity contribution in [1.82, 2.24) is 39.4 Å². The highest BCUT2D eigenvalue weighted by Gasteiger charge is 2.53. The number of benzene rings is 2. The summed E-state index contributed by atoms with van der Waals surface area (Å²) in [6.07, 6.45) is 7.22. The van der Waals surface area contributed by atoms with E-state index in [1.165, 1.54) is 10.9 Å². The number of hydrogen-bond donors (Lipinski definition) is 3. The average Bonchev–Trinajstić information content (AvgIpc) is 3.85. The largest absolute Gasteiger partial charge is 0.384 e. The van der Waals surface area contributed by atoms with Crippen LogP contribution >= 0.6 is 0 Å². The van der Waals surface area contributed by atoms with Crippen LogP contribution in [0.3, 0.4) is 0 Å². The summed E-state index contributed by atoms with van der Waals surface area (Å²) >= 11 is 0. The number of aliphatic hydroxyl groups is 1. The topological polar surface area (TPSA) is 191 Å². The van der Waals surface area contributed by atoms with Crippen LogP contribution in [0, 0.1) is 5.41 Å². The van der Waals surface area contributed by atoms with E-state index in [4.69, 9.17) is 9.97 Å². The van der Waals surface area contributed by atoms with Gasteiger partial charge in [-0.25, -0.2) is 19.3 Å². The van der Waals surface area contributed by atoms with Gasteiger partial charge in [-0.15, -0.1) is 6.58 Å². The van der Waals surface area contributed by atoms with Crippen molar-refractivity contribution in [2.45, 2.75) is 76.1 Å². The minimum Gasteiger partial charge on any atom is -0.384 e. The summed E-state index contributed by atoms with van der Waals surface area (Å²) in [7, 11) is 0. The van der Waals surface area contributed by atoms with Gasteiger partial charge in [-0.2, -0.15) is 4.98 Å². The third-order valence-electron chi connectivity index (χ3n) is 14.4. The molecule has 4 amide bonds. The van der Waals surface area contributed by atoms with Crippen LogP contribution in [0.1, 0.15) is 77.4 Å². The molecule has 2 aromatic carbocycles. The number of allylic oxidation sites excluding steroid dienone is 1. The predicted molar refractivity (Wildman–Crippen MR) is 238 cm³/mol. The van der Waals surface area contributed by atoms with Gasteiger partial charge in [0.05, 0.1) is 29.1 Å². The number of carbonyl (C=O) groups is 4. The zero-order chi connectivity index (χ0) is 44.1. The summed E-state index contributed by atoms with van der Waals surface area (Å²) in [4.78, 5) is 87.4. The van der Waals surface area contributed by atoms with E-state index in [0.29, 0.717) is 58.5 Å². The van der Waals surface area contributed by atoms with E-state index < -0.39 is 35.3 Å². The quantitative estimate of drug-likeness (QED) is 0.136. The Kier molecular flexibility index (Phi) is 9.36. The number of pyridine rings is 1. The van der Waals surface area contributed by atoms with E-state index in [0.717, 1.165) is 86.1 Å². The SMILES string of the molecule is C=CCn1c(=O)c2cnc(Nc3ccc(N4CC5(C4)CN(C4CCN(c6cccc7c6C(=O)N(C6CCC(=O)NC6=O)C7=O)CC4)C5)cc3)nc2n1-c1ccc2c(n1)[C@@](O)(CC)CC2. The van der Waals surface area contributed by atoms with Crippen molar-refractivity contribution < 1.29 is 24.3 Å². The van der Waals surface area contributed by atoms with Gasteiger partial charge >= 0.3 is 0 Å². The zero-order valence-corrected chi connectivity index (χ0v) is 35.6. The van der Waals surface area contributed by atoms with Crippen LogP contribution in [-0.4, -0.2) is 114 Å². The lowest BCUT2D eigenvalue weighted by Crippen LogP contribution is -2.74. The molecule has 8 heterocycles. The Morgan fingerprint density at radius 3 is 2.42 bits per heavy atom. The van der Waals surface area contributed by atoms with Gasteiger partial charge in [-0.1, -0.05) is 25.1 Å². The van der Waals surface area contributed by atoms with Gasteiger partial charge in [0.1, 0.15) is 17.0 Å². The summed E-state index contributed by atoms with van der Waals surface area (Å²) in [5.41, 5.74) is 4.43. The number of aromatic nitrogens is 5. The number of nitrogens with zero attached hydrogens (tertiary/aromatic N) is 9. The van der Waals surface area contributed by atoms with Crippen LogP contribution in [0.2, 0.25) is 0 Å². The van der Waals surface area contributed by atoms with Crippen LogP contribution in [0.4, 0.5) is 23.0 Å². The number of piperidine rings is 2. The van der Waals surface area contributed by atoms with E-state index in [-0.39, 0.29) is 30.4 Å². The minimum absolute atomic E-state index is 0.0874. The molecule has 4 saturated heterocycles. The predicted octanol–water partition coefficient (Wildman–Crippen LogP) is 3.64. The number of anilines is 4. The molecule has 0 radical (unpaired) electrons. The van der Waals surface area contributed by atoms with Crippen LogP contribution in [0.15, 0.2) is 78.2 Å². The van der Waals surface area contributed by atoms with E-state index in [1.54, 1.807) is 22.9 Å². The molecule has 1 aliphatic carbocycles. The van der Waals surface area contributed by atoms with Gasteiger partial charge in [0.2, 0.25) is 17.8 Å². The second-order valence-electron chi connectivity index (χ2n) is 18.3.